The Balaban J connectivity index is 3.73. The van der Waals surface area contributed by atoms with E-state index in [1.54, 1.807) is 6.08 Å². The van der Waals surface area contributed by atoms with Crippen LogP contribution in [0.25, 0.3) is 0 Å². The Morgan fingerprint density at radius 3 is 1.71 bits per heavy atom. The zero-order chi connectivity index (χ0) is 30.1. The van der Waals surface area contributed by atoms with Gasteiger partial charge in [0, 0.05) is 6.42 Å². The van der Waals surface area contributed by atoms with Crippen molar-refractivity contribution in [3.05, 3.63) is 60.8 Å². The molecule has 0 bridgehead atoms. The zero-order valence-electron chi connectivity index (χ0n) is 26.8. The largest absolute Gasteiger partial charge is 0.394 e. The Bertz CT molecular complexity index is 707. The van der Waals surface area contributed by atoms with E-state index in [1.165, 1.54) is 64.2 Å². The summed E-state index contributed by atoms with van der Waals surface area (Å²) < 4.78 is 0. The SMILES string of the molecule is CC/C=C\C/C=C\C/C=C\CCCCCCCCCC(=O)NC(CO)C(O)/C=C/CC/C=C/CCCCCCCC. The van der Waals surface area contributed by atoms with E-state index in [0.29, 0.717) is 6.42 Å². The van der Waals surface area contributed by atoms with E-state index in [4.69, 9.17) is 0 Å². The van der Waals surface area contributed by atoms with Crippen molar-refractivity contribution in [1.29, 1.82) is 0 Å². The van der Waals surface area contributed by atoms with Gasteiger partial charge >= 0.3 is 0 Å². The number of hydrogen-bond donors (Lipinski definition) is 3. The number of amides is 1. The van der Waals surface area contributed by atoms with Crippen LogP contribution < -0.4 is 5.32 Å². The molecular formula is C37H65NO3. The van der Waals surface area contributed by atoms with Gasteiger partial charge in [-0.15, -0.1) is 0 Å². The van der Waals surface area contributed by atoms with Crippen LogP contribution in [-0.4, -0.2) is 34.9 Å². The van der Waals surface area contributed by atoms with Crippen LogP contribution >= 0.6 is 0 Å². The van der Waals surface area contributed by atoms with Crippen molar-refractivity contribution in [2.75, 3.05) is 6.61 Å². The third-order valence-electron chi connectivity index (χ3n) is 7.23. The van der Waals surface area contributed by atoms with Crippen LogP contribution in [0.1, 0.15) is 149 Å². The monoisotopic (exact) mass is 571 g/mol. The van der Waals surface area contributed by atoms with Crippen molar-refractivity contribution in [2.24, 2.45) is 0 Å². The van der Waals surface area contributed by atoms with Crippen molar-refractivity contribution in [2.45, 2.75) is 161 Å². The summed E-state index contributed by atoms with van der Waals surface area (Å²) in [7, 11) is 0. The van der Waals surface area contributed by atoms with E-state index in [2.05, 4.69) is 67.8 Å². The molecule has 0 aromatic carbocycles. The minimum atomic E-state index is -0.865. The topological polar surface area (TPSA) is 69.6 Å². The Labute approximate surface area is 254 Å². The molecule has 2 atom stereocenters. The van der Waals surface area contributed by atoms with Crippen molar-refractivity contribution >= 4 is 5.91 Å². The summed E-state index contributed by atoms with van der Waals surface area (Å²) in [4.78, 5) is 12.3. The molecule has 0 aromatic heterocycles. The molecular weight excluding hydrogens is 506 g/mol. The highest BCUT2D eigenvalue weighted by Gasteiger charge is 2.17. The summed E-state index contributed by atoms with van der Waals surface area (Å²) >= 11 is 0. The first-order chi connectivity index (χ1) is 20.2. The molecule has 4 heteroatoms. The molecule has 0 spiro atoms. The second kappa shape index (κ2) is 32.6. The average Bonchev–Trinajstić information content (AvgIpc) is 2.97. The van der Waals surface area contributed by atoms with Crippen molar-refractivity contribution in [3.63, 3.8) is 0 Å². The zero-order valence-corrected chi connectivity index (χ0v) is 26.8. The van der Waals surface area contributed by atoms with Crippen LogP contribution in [0.15, 0.2) is 60.8 Å². The van der Waals surface area contributed by atoms with E-state index in [-0.39, 0.29) is 12.5 Å². The highest BCUT2D eigenvalue weighted by atomic mass is 16.3. The lowest BCUT2D eigenvalue weighted by Gasteiger charge is -2.19. The second-order valence-electron chi connectivity index (χ2n) is 11.2. The van der Waals surface area contributed by atoms with Gasteiger partial charge in [-0.05, 0) is 64.2 Å². The molecule has 1 amide bonds. The fourth-order valence-corrected chi connectivity index (χ4v) is 4.62. The van der Waals surface area contributed by atoms with E-state index >= 15 is 0 Å². The maximum absolute atomic E-state index is 12.3. The van der Waals surface area contributed by atoms with Crippen LogP contribution in [-0.2, 0) is 4.79 Å². The van der Waals surface area contributed by atoms with Crippen molar-refractivity contribution in [3.8, 4) is 0 Å². The lowest BCUT2D eigenvalue weighted by Crippen LogP contribution is -2.45. The third-order valence-corrected chi connectivity index (χ3v) is 7.23. The maximum atomic E-state index is 12.3. The molecule has 0 saturated heterocycles. The average molecular weight is 572 g/mol. The summed E-state index contributed by atoms with van der Waals surface area (Å²) in [5.74, 6) is -0.0896. The lowest BCUT2D eigenvalue weighted by molar-refractivity contribution is -0.123. The molecule has 0 aliphatic rings. The lowest BCUT2D eigenvalue weighted by atomic mass is 10.1. The summed E-state index contributed by atoms with van der Waals surface area (Å²) in [6.07, 6.45) is 44.4. The maximum Gasteiger partial charge on any atom is 0.220 e. The van der Waals surface area contributed by atoms with Gasteiger partial charge in [0.15, 0.2) is 0 Å². The summed E-state index contributed by atoms with van der Waals surface area (Å²) in [6.45, 7) is 4.14. The van der Waals surface area contributed by atoms with Crippen LogP contribution in [0.3, 0.4) is 0 Å². The van der Waals surface area contributed by atoms with Gasteiger partial charge in [-0.1, -0.05) is 139 Å². The first kappa shape index (κ1) is 39.1. The number of aliphatic hydroxyl groups is 2. The quantitative estimate of drug-likeness (QED) is 0.0618. The predicted molar refractivity (Wildman–Crippen MR) is 179 cm³/mol. The van der Waals surface area contributed by atoms with Gasteiger partial charge in [0.25, 0.3) is 0 Å². The van der Waals surface area contributed by atoms with Gasteiger partial charge in [0.1, 0.15) is 0 Å². The number of allylic oxidation sites excluding steroid dienone is 9. The Morgan fingerprint density at radius 1 is 0.610 bits per heavy atom. The molecule has 0 aliphatic carbocycles. The Hall–Kier alpha value is -1.91. The van der Waals surface area contributed by atoms with Gasteiger partial charge in [-0.3, -0.25) is 4.79 Å². The Kier molecular flexibility index (Phi) is 31.1. The molecule has 236 valence electrons. The molecule has 0 saturated carbocycles. The minimum Gasteiger partial charge on any atom is -0.394 e. The number of unbranched alkanes of at least 4 members (excludes halogenated alkanes) is 14. The van der Waals surface area contributed by atoms with Crippen LogP contribution in [0.2, 0.25) is 0 Å². The first-order valence-corrected chi connectivity index (χ1v) is 17.0. The van der Waals surface area contributed by atoms with Gasteiger partial charge < -0.3 is 15.5 Å². The highest BCUT2D eigenvalue weighted by Crippen LogP contribution is 2.11. The molecule has 3 N–H and O–H groups in total. The van der Waals surface area contributed by atoms with Crippen LogP contribution in [0, 0.1) is 0 Å². The first-order valence-electron chi connectivity index (χ1n) is 17.0. The van der Waals surface area contributed by atoms with Gasteiger partial charge in [0.2, 0.25) is 5.91 Å². The van der Waals surface area contributed by atoms with E-state index in [1.807, 2.05) is 6.08 Å². The van der Waals surface area contributed by atoms with Crippen molar-refractivity contribution in [1.82, 2.24) is 5.32 Å². The number of nitrogens with one attached hydrogen (secondary N) is 1. The van der Waals surface area contributed by atoms with Gasteiger partial charge in [-0.25, -0.2) is 0 Å². The fourth-order valence-electron chi connectivity index (χ4n) is 4.62. The second-order valence-corrected chi connectivity index (χ2v) is 11.2. The molecule has 0 fully saturated rings. The third kappa shape index (κ3) is 29.4. The number of hydrogen-bond acceptors (Lipinski definition) is 3. The summed E-state index contributed by atoms with van der Waals surface area (Å²) in [5, 5.41) is 22.8. The minimum absolute atomic E-state index is 0.0896. The number of aliphatic hydroxyl groups excluding tert-OH is 2. The van der Waals surface area contributed by atoms with Crippen LogP contribution in [0.4, 0.5) is 0 Å². The standard InChI is InChI=1S/C37H65NO3/c1-3-5-7-9-11-13-15-17-18-19-20-21-23-25-27-29-31-33-37(41)38-35(34-39)36(40)32-30-28-26-24-22-16-14-12-10-8-6-4-2/h5,7,11,13,17-18,22,24,30,32,35-36,39-40H,3-4,6,8-10,12,14-16,19-21,23,25-29,31,33-34H2,1-2H3,(H,38,41)/b7-5-,13-11-,18-17-,24-22+,32-30+. The van der Waals surface area contributed by atoms with Gasteiger partial charge in [-0.2, -0.15) is 0 Å². The molecule has 0 radical (unpaired) electrons. The van der Waals surface area contributed by atoms with E-state index < -0.39 is 12.1 Å². The molecule has 0 heterocycles. The van der Waals surface area contributed by atoms with Crippen molar-refractivity contribution < 1.29 is 15.0 Å². The molecule has 41 heavy (non-hydrogen) atoms. The number of carbonyl (C=O) groups excluding carboxylic acids is 1. The molecule has 2 unspecified atom stereocenters. The van der Waals surface area contributed by atoms with E-state index in [9.17, 15) is 15.0 Å². The predicted octanol–water partition coefficient (Wildman–Crippen LogP) is 9.84. The molecule has 0 aliphatic heterocycles. The smallest absolute Gasteiger partial charge is 0.220 e. The Morgan fingerprint density at radius 2 is 1.10 bits per heavy atom. The molecule has 4 nitrogen and oxygen atoms in total. The molecule has 0 rings (SSSR count). The van der Waals surface area contributed by atoms with Crippen LogP contribution in [0.5, 0.6) is 0 Å². The summed E-state index contributed by atoms with van der Waals surface area (Å²) in [6, 6.07) is -0.643. The number of rotatable bonds is 29. The summed E-state index contributed by atoms with van der Waals surface area (Å²) in [5.41, 5.74) is 0. The number of carbonyl (C=O) groups is 1. The fraction of sp³-hybridized carbons (Fsp3) is 0.703. The van der Waals surface area contributed by atoms with Gasteiger partial charge in [0.05, 0.1) is 18.8 Å². The van der Waals surface area contributed by atoms with E-state index in [0.717, 1.165) is 64.2 Å². The normalized spacial score (nSPS) is 14.0. The molecule has 0 aromatic rings. The highest BCUT2D eigenvalue weighted by molar-refractivity contribution is 5.76.